The molecule has 0 saturated heterocycles. The van der Waals surface area contributed by atoms with E-state index in [9.17, 15) is 4.79 Å². The summed E-state index contributed by atoms with van der Waals surface area (Å²) >= 11 is 0. The van der Waals surface area contributed by atoms with Crippen molar-refractivity contribution >= 4 is 17.9 Å². The number of rotatable bonds is 9. The van der Waals surface area contributed by atoms with Crippen LogP contribution < -0.4 is 10.2 Å². The van der Waals surface area contributed by atoms with Gasteiger partial charge in [-0.2, -0.15) is 5.10 Å². The Bertz CT molecular complexity index is 922. The molecule has 142 valence electrons. The predicted molar refractivity (Wildman–Crippen MR) is 111 cm³/mol. The molecule has 3 rings (SSSR count). The first kappa shape index (κ1) is 19.2. The van der Waals surface area contributed by atoms with Crippen LogP contribution in [0.5, 0.6) is 5.75 Å². The predicted octanol–water partition coefficient (Wildman–Crippen LogP) is 4.84. The number of para-hydroxylation sites is 1. The van der Waals surface area contributed by atoms with Crippen LogP contribution in [-0.2, 0) is 6.42 Å². The summed E-state index contributed by atoms with van der Waals surface area (Å²) in [4.78, 5) is 11.2. The van der Waals surface area contributed by atoms with Crippen molar-refractivity contribution in [3.63, 3.8) is 0 Å². The van der Waals surface area contributed by atoms with E-state index in [0.717, 1.165) is 24.2 Å². The molecule has 0 bridgehead atoms. The van der Waals surface area contributed by atoms with Crippen LogP contribution in [0.4, 0.5) is 5.69 Å². The summed E-state index contributed by atoms with van der Waals surface area (Å²) in [5.41, 5.74) is 5.60. The minimum absolute atomic E-state index is 0.180. The van der Waals surface area contributed by atoms with E-state index in [2.05, 4.69) is 22.7 Å². The van der Waals surface area contributed by atoms with Gasteiger partial charge in [0.05, 0.1) is 24.1 Å². The van der Waals surface area contributed by atoms with Gasteiger partial charge in [0.25, 0.3) is 0 Å². The van der Waals surface area contributed by atoms with Crippen LogP contribution in [0, 0.1) is 0 Å². The number of benzene rings is 3. The molecule has 0 fully saturated rings. The monoisotopic (exact) mass is 374 g/mol. The summed E-state index contributed by atoms with van der Waals surface area (Å²) in [5, 5.41) is 13.3. The first-order chi connectivity index (χ1) is 13.7. The fourth-order valence-electron chi connectivity index (χ4n) is 2.70. The van der Waals surface area contributed by atoms with Gasteiger partial charge < -0.3 is 9.84 Å². The first-order valence-electron chi connectivity index (χ1n) is 9.10. The molecule has 5 heteroatoms. The Morgan fingerprint density at radius 2 is 1.68 bits per heavy atom. The Balaban J connectivity index is 1.46. The number of nitrogens with zero attached hydrogens (tertiary/aromatic N) is 1. The van der Waals surface area contributed by atoms with Gasteiger partial charge in [0.1, 0.15) is 5.75 Å². The molecule has 0 aliphatic carbocycles. The highest BCUT2D eigenvalue weighted by atomic mass is 16.5. The van der Waals surface area contributed by atoms with Crippen LogP contribution in [0.1, 0.15) is 27.9 Å². The van der Waals surface area contributed by atoms with E-state index in [1.165, 1.54) is 11.6 Å². The van der Waals surface area contributed by atoms with Gasteiger partial charge in [0, 0.05) is 0 Å². The number of nitrogens with one attached hydrogen (secondary N) is 1. The highest BCUT2D eigenvalue weighted by molar-refractivity contribution is 5.94. The van der Waals surface area contributed by atoms with E-state index in [1.54, 1.807) is 24.4 Å². The smallest absolute Gasteiger partial charge is 0.337 e. The summed E-state index contributed by atoms with van der Waals surface area (Å²) in [6, 6.07) is 24.6. The van der Waals surface area contributed by atoms with Crippen molar-refractivity contribution in [2.75, 3.05) is 12.0 Å². The molecule has 0 atom stereocenters. The summed E-state index contributed by atoms with van der Waals surface area (Å²) < 4.78 is 5.77. The number of hydrogen-bond acceptors (Lipinski definition) is 4. The molecular formula is C23H22N2O3. The zero-order chi connectivity index (χ0) is 19.6. The van der Waals surface area contributed by atoms with Gasteiger partial charge in [0.2, 0.25) is 0 Å². The van der Waals surface area contributed by atoms with E-state index in [4.69, 9.17) is 9.84 Å². The van der Waals surface area contributed by atoms with Gasteiger partial charge in [-0.3, -0.25) is 5.43 Å². The van der Waals surface area contributed by atoms with Gasteiger partial charge in [-0.15, -0.1) is 0 Å². The summed E-state index contributed by atoms with van der Waals surface area (Å²) in [7, 11) is 0. The average Bonchev–Trinajstić information content (AvgIpc) is 2.73. The number of hydrogen-bond donors (Lipinski definition) is 2. The standard InChI is InChI=1S/C23H22N2O3/c26-23(27)21-10-4-5-11-22(21)25-24-17-19-12-14-20(15-13-19)28-16-6-9-18-7-2-1-3-8-18/h1-5,7-8,10-15,17,25H,6,9,16H2,(H,26,27). The van der Waals surface area contributed by atoms with Crippen molar-refractivity contribution in [3.05, 3.63) is 95.6 Å². The highest BCUT2D eigenvalue weighted by Gasteiger charge is 2.07. The molecule has 3 aromatic rings. The van der Waals surface area contributed by atoms with Crippen LogP contribution in [0.15, 0.2) is 84.0 Å². The van der Waals surface area contributed by atoms with Crippen LogP contribution >= 0.6 is 0 Å². The Kier molecular flexibility index (Phi) is 6.79. The minimum atomic E-state index is -0.993. The molecule has 2 N–H and O–H groups in total. The van der Waals surface area contributed by atoms with Crippen LogP contribution in [0.25, 0.3) is 0 Å². The number of ether oxygens (including phenoxy) is 1. The quantitative estimate of drug-likeness (QED) is 0.319. The highest BCUT2D eigenvalue weighted by Crippen LogP contribution is 2.15. The van der Waals surface area contributed by atoms with Crippen molar-refractivity contribution in [3.8, 4) is 5.75 Å². The van der Waals surface area contributed by atoms with Gasteiger partial charge in [0.15, 0.2) is 0 Å². The van der Waals surface area contributed by atoms with E-state index in [-0.39, 0.29) is 5.56 Å². The fraction of sp³-hybridized carbons (Fsp3) is 0.130. The molecule has 0 aliphatic heterocycles. The van der Waals surface area contributed by atoms with Crippen LogP contribution in [0.2, 0.25) is 0 Å². The number of anilines is 1. The SMILES string of the molecule is O=C(O)c1ccccc1NN=Cc1ccc(OCCCc2ccccc2)cc1. The van der Waals surface area contributed by atoms with Gasteiger partial charge in [-0.1, -0.05) is 42.5 Å². The van der Waals surface area contributed by atoms with E-state index in [1.807, 2.05) is 42.5 Å². The topological polar surface area (TPSA) is 70.9 Å². The van der Waals surface area contributed by atoms with E-state index < -0.39 is 5.97 Å². The summed E-state index contributed by atoms with van der Waals surface area (Å²) in [6.07, 6.45) is 3.59. The Morgan fingerprint density at radius 1 is 0.964 bits per heavy atom. The molecular weight excluding hydrogens is 352 g/mol. The number of carboxylic acids is 1. The second-order valence-corrected chi connectivity index (χ2v) is 6.23. The van der Waals surface area contributed by atoms with Crippen molar-refractivity contribution in [2.24, 2.45) is 5.10 Å². The molecule has 0 aliphatic rings. The largest absolute Gasteiger partial charge is 0.494 e. The minimum Gasteiger partial charge on any atom is -0.494 e. The molecule has 0 radical (unpaired) electrons. The molecule has 0 saturated carbocycles. The Morgan fingerprint density at radius 3 is 2.43 bits per heavy atom. The van der Waals surface area contributed by atoms with Gasteiger partial charge >= 0.3 is 5.97 Å². The van der Waals surface area contributed by atoms with Gasteiger partial charge in [-0.25, -0.2) is 4.79 Å². The number of carboxylic acid groups (broad SMARTS) is 1. The molecule has 0 unspecified atom stereocenters. The molecule has 0 heterocycles. The number of hydrazone groups is 1. The second-order valence-electron chi connectivity index (χ2n) is 6.23. The maximum absolute atomic E-state index is 11.2. The normalized spacial score (nSPS) is 10.7. The third kappa shape index (κ3) is 5.71. The van der Waals surface area contributed by atoms with Crippen molar-refractivity contribution in [2.45, 2.75) is 12.8 Å². The fourth-order valence-corrected chi connectivity index (χ4v) is 2.70. The molecule has 5 nitrogen and oxygen atoms in total. The lowest BCUT2D eigenvalue weighted by Gasteiger charge is -2.07. The molecule has 0 spiro atoms. The van der Waals surface area contributed by atoms with Gasteiger partial charge in [-0.05, 0) is 60.4 Å². The second kappa shape index (κ2) is 9.92. The lowest BCUT2D eigenvalue weighted by molar-refractivity contribution is 0.0698. The summed E-state index contributed by atoms with van der Waals surface area (Å²) in [6.45, 7) is 0.663. The third-order valence-electron chi connectivity index (χ3n) is 4.16. The zero-order valence-corrected chi connectivity index (χ0v) is 15.4. The zero-order valence-electron chi connectivity index (χ0n) is 15.4. The average molecular weight is 374 g/mol. The molecule has 3 aromatic carbocycles. The van der Waals surface area contributed by atoms with E-state index >= 15 is 0 Å². The number of aromatic carboxylic acids is 1. The lowest BCUT2D eigenvalue weighted by atomic mass is 10.1. The number of carbonyl (C=O) groups is 1. The Labute approximate surface area is 164 Å². The Hall–Kier alpha value is -3.60. The maximum Gasteiger partial charge on any atom is 0.337 e. The van der Waals surface area contributed by atoms with Crippen molar-refractivity contribution in [1.29, 1.82) is 0 Å². The third-order valence-corrected chi connectivity index (χ3v) is 4.16. The van der Waals surface area contributed by atoms with Crippen LogP contribution in [-0.4, -0.2) is 23.9 Å². The summed E-state index contributed by atoms with van der Waals surface area (Å²) in [5.74, 6) is -0.179. The van der Waals surface area contributed by atoms with Crippen LogP contribution in [0.3, 0.4) is 0 Å². The van der Waals surface area contributed by atoms with E-state index in [0.29, 0.717) is 12.3 Å². The molecule has 0 aromatic heterocycles. The first-order valence-corrected chi connectivity index (χ1v) is 9.10. The molecule has 28 heavy (non-hydrogen) atoms. The van der Waals surface area contributed by atoms with Crippen molar-refractivity contribution in [1.82, 2.24) is 0 Å². The number of aryl methyl sites for hydroxylation is 1. The lowest BCUT2D eigenvalue weighted by Crippen LogP contribution is -2.02. The molecule has 0 amide bonds. The maximum atomic E-state index is 11.2. The van der Waals surface area contributed by atoms with Crippen molar-refractivity contribution < 1.29 is 14.6 Å².